The van der Waals surface area contributed by atoms with Crippen molar-refractivity contribution < 1.29 is 22.7 Å². The molecule has 4 rings (SSSR count). The Labute approximate surface area is 211 Å². The van der Waals surface area contributed by atoms with E-state index in [1.54, 1.807) is 4.90 Å². The maximum absolute atomic E-state index is 13.2. The number of amides is 1. The van der Waals surface area contributed by atoms with E-state index >= 15 is 0 Å². The number of aromatic nitrogens is 3. The number of ether oxygens (including phenoxy) is 1. The lowest BCUT2D eigenvalue weighted by molar-refractivity contribution is -0.182. The highest BCUT2D eigenvalue weighted by molar-refractivity contribution is 5.68. The minimum absolute atomic E-state index is 0.000886. The zero-order valence-electron chi connectivity index (χ0n) is 22.3. The fraction of sp³-hybridized carbons (Fsp3) is 0.741. The van der Waals surface area contributed by atoms with Crippen LogP contribution in [0.5, 0.6) is 0 Å². The molecule has 6 nitrogen and oxygen atoms in total. The highest BCUT2D eigenvalue weighted by Gasteiger charge is 2.43. The van der Waals surface area contributed by atoms with Crippen molar-refractivity contribution in [1.82, 2.24) is 19.5 Å². The second kappa shape index (κ2) is 9.53. The molecule has 36 heavy (non-hydrogen) atoms. The van der Waals surface area contributed by atoms with Gasteiger partial charge in [0.1, 0.15) is 5.60 Å². The van der Waals surface area contributed by atoms with Gasteiger partial charge in [0.2, 0.25) is 0 Å². The van der Waals surface area contributed by atoms with Gasteiger partial charge in [-0.3, -0.25) is 0 Å². The van der Waals surface area contributed by atoms with Crippen molar-refractivity contribution in [1.29, 1.82) is 0 Å². The zero-order chi connectivity index (χ0) is 26.5. The van der Waals surface area contributed by atoms with Crippen molar-refractivity contribution >= 4 is 11.7 Å². The van der Waals surface area contributed by atoms with Gasteiger partial charge in [-0.15, -0.1) is 0 Å². The number of aryl methyl sites for hydroxylation is 1. The quantitative estimate of drug-likeness (QED) is 0.462. The summed E-state index contributed by atoms with van der Waals surface area (Å²) in [7, 11) is 0. The molecule has 2 aromatic rings. The topological polar surface area (TPSA) is 59.7 Å². The summed E-state index contributed by atoms with van der Waals surface area (Å²) >= 11 is 0. The summed E-state index contributed by atoms with van der Waals surface area (Å²) < 4.78 is 47.1. The summed E-state index contributed by atoms with van der Waals surface area (Å²) in [4.78, 5) is 19.5. The zero-order valence-corrected chi connectivity index (χ0v) is 22.3. The second-order valence-electron chi connectivity index (χ2n) is 11.9. The summed E-state index contributed by atoms with van der Waals surface area (Å²) in [5.74, 6) is -1.21. The molecule has 1 amide bonds. The number of carbonyl (C=O) groups is 1. The van der Waals surface area contributed by atoms with Crippen LogP contribution in [-0.4, -0.2) is 50.5 Å². The fourth-order valence-corrected chi connectivity index (χ4v) is 6.05. The normalized spacial score (nSPS) is 25.9. The molecular formula is C27H39F3N4O2. The van der Waals surface area contributed by atoms with Crippen LogP contribution in [0.25, 0.3) is 5.65 Å². The Bertz CT molecular complexity index is 1110. The molecule has 1 saturated carbocycles. The molecule has 2 aliphatic rings. The summed E-state index contributed by atoms with van der Waals surface area (Å²) in [6.07, 6.45) is -0.676. The van der Waals surface area contributed by atoms with Crippen LogP contribution in [0.3, 0.4) is 0 Å². The van der Waals surface area contributed by atoms with Crippen LogP contribution in [0.4, 0.5) is 18.0 Å². The number of carbonyl (C=O) groups excluding carboxylic acids is 1. The number of alkyl halides is 3. The van der Waals surface area contributed by atoms with E-state index in [9.17, 15) is 18.0 Å². The molecule has 0 spiro atoms. The van der Waals surface area contributed by atoms with Crippen molar-refractivity contribution in [2.24, 2.45) is 5.92 Å². The van der Waals surface area contributed by atoms with Crippen LogP contribution in [-0.2, 0) is 16.6 Å². The lowest BCUT2D eigenvalue weighted by atomic mass is 9.76. The summed E-state index contributed by atoms with van der Waals surface area (Å²) in [6, 6.07) is 1.95. The first-order valence-corrected chi connectivity index (χ1v) is 13.2. The summed E-state index contributed by atoms with van der Waals surface area (Å²) in [6.45, 7) is 13.0. The van der Waals surface area contributed by atoms with E-state index in [2.05, 4.69) is 13.8 Å². The number of piperidine rings is 1. The molecule has 9 heteroatoms. The predicted molar refractivity (Wildman–Crippen MR) is 132 cm³/mol. The standard InChI is InChI=1S/C27H39F3N4O2/c1-7-20-17(2)31-22-15-21(18-9-11-19(12-10-18)27(28,29)30)32-34(22)23(20)26(6)13-8-14-33(16-26)24(35)36-25(3,4)5/h15,18-19H,7-14,16H2,1-6H3/t18-,19-,26-/m1/s1. The van der Waals surface area contributed by atoms with Crippen molar-refractivity contribution in [3.05, 3.63) is 28.7 Å². The Morgan fingerprint density at radius 1 is 1.19 bits per heavy atom. The minimum Gasteiger partial charge on any atom is -0.444 e. The Kier molecular flexibility index (Phi) is 7.07. The van der Waals surface area contributed by atoms with Crippen molar-refractivity contribution in [2.75, 3.05) is 13.1 Å². The molecule has 0 N–H and O–H groups in total. The minimum atomic E-state index is -4.12. The first kappa shape index (κ1) is 26.7. The molecule has 1 saturated heterocycles. The van der Waals surface area contributed by atoms with Crippen LogP contribution >= 0.6 is 0 Å². The highest BCUT2D eigenvalue weighted by Crippen LogP contribution is 2.43. The van der Waals surface area contributed by atoms with Gasteiger partial charge < -0.3 is 9.64 Å². The van der Waals surface area contributed by atoms with Gasteiger partial charge in [-0.2, -0.15) is 18.3 Å². The molecule has 0 aromatic carbocycles. The third-order valence-corrected chi connectivity index (χ3v) is 7.81. The molecule has 0 bridgehead atoms. The van der Waals surface area contributed by atoms with Gasteiger partial charge in [0.05, 0.1) is 17.3 Å². The molecule has 0 radical (unpaired) electrons. The average Bonchev–Trinajstić information content (AvgIpc) is 3.19. The van der Waals surface area contributed by atoms with Gasteiger partial charge in [-0.05, 0) is 78.2 Å². The van der Waals surface area contributed by atoms with Crippen molar-refractivity contribution in [3.8, 4) is 0 Å². The lowest BCUT2D eigenvalue weighted by Crippen LogP contribution is -2.49. The van der Waals surface area contributed by atoms with Crippen LogP contribution in [0.15, 0.2) is 6.07 Å². The van der Waals surface area contributed by atoms with E-state index in [1.165, 1.54) is 0 Å². The Morgan fingerprint density at radius 2 is 1.86 bits per heavy atom. The van der Waals surface area contributed by atoms with Crippen molar-refractivity contribution in [3.63, 3.8) is 0 Å². The fourth-order valence-electron chi connectivity index (χ4n) is 6.05. The van der Waals surface area contributed by atoms with Crippen LogP contribution in [0, 0.1) is 12.8 Å². The first-order valence-electron chi connectivity index (χ1n) is 13.2. The third kappa shape index (κ3) is 5.35. The Balaban J connectivity index is 1.69. The van der Waals surface area contributed by atoms with E-state index in [0.717, 1.165) is 47.6 Å². The van der Waals surface area contributed by atoms with E-state index in [-0.39, 0.29) is 30.3 Å². The van der Waals surface area contributed by atoms with Crippen LogP contribution in [0.1, 0.15) is 102 Å². The summed E-state index contributed by atoms with van der Waals surface area (Å²) in [5, 5.41) is 4.96. The maximum atomic E-state index is 13.2. The molecule has 3 heterocycles. The number of rotatable bonds is 3. The van der Waals surface area contributed by atoms with E-state index < -0.39 is 17.7 Å². The largest absolute Gasteiger partial charge is 0.444 e. The number of hydrogen-bond donors (Lipinski definition) is 0. The van der Waals surface area contributed by atoms with Gasteiger partial charge in [-0.1, -0.05) is 13.8 Å². The monoisotopic (exact) mass is 508 g/mol. The lowest BCUT2D eigenvalue weighted by Gasteiger charge is -2.42. The van der Waals surface area contributed by atoms with Gasteiger partial charge in [0.15, 0.2) is 5.65 Å². The molecule has 0 unspecified atom stereocenters. The summed E-state index contributed by atoms with van der Waals surface area (Å²) in [5.41, 5.74) is 3.72. The number of nitrogens with zero attached hydrogens (tertiary/aromatic N) is 4. The molecule has 200 valence electrons. The molecule has 2 fully saturated rings. The smallest absolute Gasteiger partial charge is 0.410 e. The molecule has 2 aromatic heterocycles. The number of likely N-dealkylation sites (tertiary alicyclic amines) is 1. The molecular weight excluding hydrogens is 469 g/mol. The average molecular weight is 509 g/mol. The number of halogens is 3. The van der Waals surface area contributed by atoms with E-state index in [0.29, 0.717) is 25.9 Å². The van der Waals surface area contributed by atoms with Gasteiger partial charge in [0, 0.05) is 36.2 Å². The van der Waals surface area contributed by atoms with E-state index in [4.69, 9.17) is 14.8 Å². The molecule has 1 aliphatic carbocycles. The van der Waals surface area contributed by atoms with Gasteiger partial charge >= 0.3 is 12.3 Å². The number of fused-ring (bicyclic) bond motifs is 1. The Hall–Kier alpha value is -2.32. The Morgan fingerprint density at radius 3 is 2.44 bits per heavy atom. The van der Waals surface area contributed by atoms with Crippen molar-refractivity contribution in [2.45, 2.75) is 110 Å². The van der Waals surface area contributed by atoms with Gasteiger partial charge in [0.25, 0.3) is 0 Å². The second-order valence-corrected chi connectivity index (χ2v) is 11.9. The number of hydrogen-bond acceptors (Lipinski definition) is 4. The predicted octanol–water partition coefficient (Wildman–Crippen LogP) is 6.72. The van der Waals surface area contributed by atoms with Crippen LogP contribution < -0.4 is 0 Å². The third-order valence-electron chi connectivity index (χ3n) is 7.81. The maximum Gasteiger partial charge on any atom is 0.410 e. The molecule has 1 aliphatic heterocycles. The SMILES string of the molecule is CCc1c(C)nc2cc([C@H]3CC[C@H](C(F)(F)F)CC3)nn2c1[C@]1(C)CCCN(C(=O)OC(C)(C)C)C1. The van der Waals surface area contributed by atoms with Gasteiger partial charge in [-0.25, -0.2) is 14.3 Å². The van der Waals surface area contributed by atoms with Crippen LogP contribution in [0.2, 0.25) is 0 Å². The highest BCUT2D eigenvalue weighted by atomic mass is 19.4. The first-order chi connectivity index (χ1) is 16.7. The molecule has 1 atom stereocenters. The van der Waals surface area contributed by atoms with E-state index in [1.807, 2.05) is 38.3 Å².